The molecule has 2 aromatic rings. The van der Waals surface area contributed by atoms with E-state index in [2.05, 4.69) is 54.5 Å². The minimum atomic E-state index is -0.390. The van der Waals surface area contributed by atoms with Crippen molar-refractivity contribution < 1.29 is 9.94 Å². The summed E-state index contributed by atoms with van der Waals surface area (Å²) in [7, 11) is 0. The van der Waals surface area contributed by atoms with Crippen LogP contribution < -0.4 is 5.73 Å². The minimum absolute atomic E-state index is 0.0860. The zero-order chi connectivity index (χ0) is 21.7. The van der Waals surface area contributed by atoms with E-state index in [-0.39, 0.29) is 6.61 Å². The average molecular weight is 421 g/mol. The van der Waals surface area contributed by atoms with Crippen LogP contribution in [0.15, 0.2) is 53.7 Å². The second-order valence-electron chi connectivity index (χ2n) is 9.43. The van der Waals surface area contributed by atoms with Gasteiger partial charge in [0.2, 0.25) is 0 Å². The number of oxime groups is 1. The Morgan fingerprint density at radius 2 is 2.00 bits per heavy atom. The summed E-state index contributed by atoms with van der Waals surface area (Å²) in [6, 6.07) is 17.4. The van der Waals surface area contributed by atoms with E-state index in [9.17, 15) is 5.11 Å². The summed E-state index contributed by atoms with van der Waals surface area (Å²) in [4.78, 5) is 5.70. The van der Waals surface area contributed by atoms with Crippen LogP contribution >= 0.6 is 0 Å². The van der Waals surface area contributed by atoms with Crippen LogP contribution in [-0.2, 0) is 24.1 Å². The Morgan fingerprint density at radius 3 is 2.74 bits per heavy atom. The quantitative estimate of drug-likeness (QED) is 0.367. The molecule has 0 bridgehead atoms. The third kappa shape index (κ3) is 5.36. The SMILES string of the molecule is CC/C(=N\OCCc1ccccc1)[C@@H]1CCc2cc([C@H]3CC[C@](N)(CO)C3)ccc2C1. The maximum Gasteiger partial charge on any atom is 0.121 e. The molecular formula is C27H36N2O2. The highest BCUT2D eigenvalue weighted by molar-refractivity contribution is 5.86. The fourth-order valence-electron chi connectivity index (χ4n) is 5.26. The van der Waals surface area contributed by atoms with Crippen molar-refractivity contribution in [1.29, 1.82) is 0 Å². The number of nitrogens with two attached hydrogens (primary N) is 1. The molecule has 4 heteroatoms. The van der Waals surface area contributed by atoms with Crippen LogP contribution in [0.3, 0.4) is 0 Å². The van der Waals surface area contributed by atoms with E-state index >= 15 is 0 Å². The van der Waals surface area contributed by atoms with Gasteiger partial charge in [-0.3, -0.25) is 0 Å². The smallest absolute Gasteiger partial charge is 0.121 e. The Bertz CT molecular complexity index is 895. The van der Waals surface area contributed by atoms with Gasteiger partial charge in [-0.05, 0) is 73.1 Å². The molecule has 0 heterocycles. The molecule has 4 rings (SSSR count). The van der Waals surface area contributed by atoms with E-state index in [1.807, 2.05) is 6.07 Å². The normalized spacial score (nSPS) is 26.0. The lowest BCUT2D eigenvalue weighted by Gasteiger charge is -2.27. The molecule has 31 heavy (non-hydrogen) atoms. The second kappa shape index (κ2) is 9.97. The van der Waals surface area contributed by atoms with Gasteiger partial charge < -0.3 is 15.7 Å². The van der Waals surface area contributed by atoms with E-state index in [1.165, 1.54) is 28.0 Å². The summed E-state index contributed by atoms with van der Waals surface area (Å²) in [6.07, 6.45) is 7.97. The van der Waals surface area contributed by atoms with Crippen LogP contribution in [-0.4, -0.2) is 29.6 Å². The predicted molar refractivity (Wildman–Crippen MR) is 126 cm³/mol. The van der Waals surface area contributed by atoms with Gasteiger partial charge in [-0.1, -0.05) is 60.6 Å². The molecule has 0 amide bonds. The summed E-state index contributed by atoms with van der Waals surface area (Å²) < 4.78 is 0. The van der Waals surface area contributed by atoms with Crippen molar-refractivity contribution in [1.82, 2.24) is 0 Å². The van der Waals surface area contributed by atoms with Crippen LogP contribution in [0.25, 0.3) is 0 Å². The maximum atomic E-state index is 9.58. The number of fused-ring (bicyclic) bond motifs is 1. The van der Waals surface area contributed by atoms with Gasteiger partial charge in [0.05, 0.1) is 12.3 Å². The van der Waals surface area contributed by atoms with Crippen molar-refractivity contribution in [3.8, 4) is 0 Å². The molecular weight excluding hydrogens is 384 g/mol. The van der Waals surface area contributed by atoms with E-state index in [0.717, 1.165) is 51.4 Å². The summed E-state index contributed by atoms with van der Waals surface area (Å²) in [5, 5.41) is 14.1. The molecule has 1 fully saturated rings. The number of nitrogens with zero attached hydrogens (tertiary/aromatic N) is 1. The Hall–Kier alpha value is -2.17. The van der Waals surface area contributed by atoms with E-state index in [4.69, 9.17) is 10.6 Å². The largest absolute Gasteiger partial charge is 0.395 e. The van der Waals surface area contributed by atoms with E-state index < -0.39 is 5.54 Å². The van der Waals surface area contributed by atoms with Gasteiger partial charge in [0, 0.05) is 17.9 Å². The van der Waals surface area contributed by atoms with Gasteiger partial charge in [-0.2, -0.15) is 0 Å². The van der Waals surface area contributed by atoms with Gasteiger partial charge in [-0.25, -0.2) is 0 Å². The van der Waals surface area contributed by atoms with Gasteiger partial charge in [0.1, 0.15) is 6.61 Å². The lowest BCUT2D eigenvalue weighted by Crippen LogP contribution is -2.40. The van der Waals surface area contributed by atoms with Crippen LogP contribution in [0, 0.1) is 5.92 Å². The van der Waals surface area contributed by atoms with Crippen LogP contribution in [0.1, 0.15) is 67.2 Å². The molecule has 0 radical (unpaired) electrons. The van der Waals surface area contributed by atoms with Crippen molar-refractivity contribution in [3.05, 3.63) is 70.8 Å². The zero-order valence-electron chi connectivity index (χ0n) is 18.7. The van der Waals surface area contributed by atoms with Crippen molar-refractivity contribution >= 4 is 5.71 Å². The highest BCUT2D eigenvalue weighted by atomic mass is 16.6. The highest BCUT2D eigenvalue weighted by Gasteiger charge is 2.36. The van der Waals surface area contributed by atoms with Gasteiger partial charge in [0.15, 0.2) is 0 Å². The van der Waals surface area contributed by atoms with Crippen LogP contribution in [0.2, 0.25) is 0 Å². The van der Waals surface area contributed by atoms with E-state index in [1.54, 1.807) is 0 Å². The van der Waals surface area contributed by atoms with Crippen molar-refractivity contribution in [2.45, 2.75) is 69.7 Å². The van der Waals surface area contributed by atoms with E-state index in [0.29, 0.717) is 18.4 Å². The molecule has 3 N–H and O–H groups in total. The molecule has 2 aliphatic rings. The standard InChI is InChI=1S/C27H36N2O2/c1-2-26(29-31-15-13-20-6-4-3-5-7-20)24-11-10-21-16-23(9-8-22(21)17-24)25-12-14-27(28,18-25)19-30/h3-9,16,24-25,30H,2,10-15,17-19,28H2,1H3/b29-26+/t24-,25+,27-/m1/s1. The Morgan fingerprint density at radius 1 is 1.16 bits per heavy atom. The monoisotopic (exact) mass is 420 g/mol. The average Bonchev–Trinajstić information content (AvgIpc) is 3.22. The van der Waals surface area contributed by atoms with Gasteiger partial charge in [-0.15, -0.1) is 0 Å². The summed E-state index contributed by atoms with van der Waals surface area (Å²) in [6.45, 7) is 2.89. The topological polar surface area (TPSA) is 67.8 Å². The first-order valence-electron chi connectivity index (χ1n) is 11.8. The molecule has 0 saturated heterocycles. The number of hydrogen-bond donors (Lipinski definition) is 2. The summed E-state index contributed by atoms with van der Waals surface area (Å²) >= 11 is 0. The fourth-order valence-corrected chi connectivity index (χ4v) is 5.26. The second-order valence-corrected chi connectivity index (χ2v) is 9.43. The summed E-state index contributed by atoms with van der Waals surface area (Å²) in [5.41, 5.74) is 12.7. The highest BCUT2D eigenvalue weighted by Crippen LogP contribution is 2.40. The number of benzene rings is 2. The molecule has 0 spiro atoms. The molecule has 2 aliphatic carbocycles. The first-order chi connectivity index (χ1) is 15.1. The Labute approximate surface area is 186 Å². The Kier molecular flexibility index (Phi) is 7.09. The lowest BCUT2D eigenvalue weighted by atomic mass is 9.79. The van der Waals surface area contributed by atoms with Gasteiger partial charge in [0.25, 0.3) is 0 Å². The maximum absolute atomic E-state index is 9.58. The first-order valence-corrected chi connectivity index (χ1v) is 11.8. The fraction of sp³-hybridized carbons (Fsp3) is 0.519. The number of rotatable bonds is 8. The van der Waals surface area contributed by atoms with Gasteiger partial charge >= 0.3 is 0 Å². The van der Waals surface area contributed by atoms with Crippen LogP contribution in [0.5, 0.6) is 0 Å². The lowest BCUT2D eigenvalue weighted by molar-refractivity contribution is 0.145. The number of aliphatic hydroxyl groups is 1. The zero-order valence-corrected chi connectivity index (χ0v) is 18.7. The first kappa shape index (κ1) is 22.0. The molecule has 2 aromatic carbocycles. The molecule has 166 valence electrons. The molecule has 0 aliphatic heterocycles. The van der Waals surface area contributed by atoms with Crippen molar-refractivity contribution in [2.75, 3.05) is 13.2 Å². The molecule has 0 unspecified atom stereocenters. The minimum Gasteiger partial charge on any atom is -0.395 e. The van der Waals surface area contributed by atoms with Crippen molar-refractivity contribution in [2.24, 2.45) is 16.8 Å². The number of aryl methyl sites for hydroxylation is 1. The molecule has 4 nitrogen and oxygen atoms in total. The number of hydrogen-bond acceptors (Lipinski definition) is 4. The third-order valence-electron chi connectivity index (χ3n) is 7.23. The number of aliphatic hydroxyl groups excluding tert-OH is 1. The Balaban J connectivity index is 1.35. The molecule has 1 saturated carbocycles. The molecule has 3 atom stereocenters. The predicted octanol–water partition coefficient (Wildman–Crippen LogP) is 4.77. The summed E-state index contributed by atoms with van der Waals surface area (Å²) in [5.74, 6) is 0.948. The third-order valence-corrected chi connectivity index (χ3v) is 7.23. The van der Waals surface area contributed by atoms with Crippen molar-refractivity contribution in [3.63, 3.8) is 0 Å². The molecule has 0 aromatic heterocycles. The van der Waals surface area contributed by atoms with Crippen LogP contribution in [0.4, 0.5) is 0 Å².